The molecule has 0 aromatic carbocycles. The van der Waals surface area contributed by atoms with Crippen LogP contribution < -0.4 is 5.32 Å². The molecule has 1 saturated heterocycles. The predicted molar refractivity (Wildman–Crippen MR) is 64.2 cm³/mol. The third kappa shape index (κ3) is 1.52. The zero-order chi connectivity index (χ0) is 11.9. The molecule has 0 radical (unpaired) electrons. The average Bonchev–Trinajstić information content (AvgIpc) is 2.70. The smallest absolute Gasteiger partial charge is 0.228 e. The van der Waals surface area contributed by atoms with Crippen LogP contribution >= 0.6 is 0 Å². The maximum absolute atomic E-state index is 11.8. The van der Waals surface area contributed by atoms with Crippen LogP contribution in [0.1, 0.15) is 27.2 Å². The quantitative estimate of drug-likeness (QED) is 0.722. The Morgan fingerprint density at radius 2 is 2.19 bits per heavy atom. The Balaban J connectivity index is 2.38. The fourth-order valence-corrected chi connectivity index (χ4v) is 2.62. The lowest BCUT2D eigenvalue weighted by atomic mass is 9.96. The molecule has 1 N–H and O–H groups in total. The van der Waals surface area contributed by atoms with Gasteiger partial charge in [0, 0.05) is 19.3 Å². The Morgan fingerprint density at radius 3 is 2.81 bits per heavy atom. The van der Waals surface area contributed by atoms with E-state index in [-0.39, 0.29) is 17.9 Å². The van der Waals surface area contributed by atoms with Gasteiger partial charge >= 0.3 is 0 Å². The molecule has 0 aliphatic carbocycles. The van der Waals surface area contributed by atoms with Crippen molar-refractivity contribution < 1.29 is 4.79 Å². The molecule has 0 spiro atoms. The van der Waals surface area contributed by atoms with Gasteiger partial charge in [-0.3, -0.25) is 9.79 Å². The summed E-state index contributed by atoms with van der Waals surface area (Å²) in [4.78, 5) is 18.6. The van der Waals surface area contributed by atoms with Crippen LogP contribution in [-0.4, -0.2) is 36.3 Å². The van der Waals surface area contributed by atoms with Crippen LogP contribution in [0.5, 0.6) is 0 Å². The largest absolute Gasteiger partial charge is 0.359 e. The predicted octanol–water partition coefficient (Wildman–Crippen LogP) is 1.15. The summed E-state index contributed by atoms with van der Waals surface area (Å²) in [6.45, 7) is 7.11. The summed E-state index contributed by atoms with van der Waals surface area (Å²) < 4.78 is 0. The first-order valence-corrected chi connectivity index (χ1v) is 5.80. The molecule has 0 saturated carbocycles. The van der Waals surface area contributed by atoms with Gasteiger partial charge in [0.05, 0.1) is 12.0 Å². The van der Waals surface area contributed by atoms with Gasteiger partial charge in [0.2, 0.25) is 5.91 Å². The number of nitrogens with one attached hydrogen (secondary N) is 1. The monoisotopic (exact) mass is 221 g/mol. The summed E-state index contributed by atoms with van der Waals surface area (Å²) in [5, 5.41) is 2.75. The lowest BCUT2D eigenvalue weighted by molar-refractivity contribution is -0.123. The second-order valence-electron chi connectivity index (χ2n) is 4.53. The fourth-order valence-electron chi connectivity index (χ4n) is 2.62. The van der Waals surface area contributed by atoms with Gasteiger partial charge in [-0.1, -0.05) is 0 Å². The number of rotatable bonds is 1. The highest BCUT2D eigenvalue weighted by molar-refractivity contribution is 5.88. The van der Waals surface area contributed by atoms with Crippen LogP contribution in [0.15, 0.2) is 16.3 Å². The van der Waals surface area contributed by atoms with Crippen molar-refractivity contribution in [3.05, 3.63) is 11.3 Å². The third-order valence-electron chi connectivity index (χ3n) is 3.63. The molecule has 0 aromatic rings. The van der Waals surface area contributed by atoms with E-state index in [0.29, 0.717) is 0 Å². The van der Waals surface area contributed by atoms with Crippen molar-refractivity contribution >= 4 is 11.7 Å². The molecule has 2 rings (SSSR count). The van der Waals surface area contributed by atoms with E-state index in [9.17, 15) is 4.79 Å². The van der Waals surface area contributed by atoms with Gasteiger partial charge in [-0.15, -0.1) is 0 Å². The van der Waals surface area contributed by atoms with E-state index in [1.54, 1.807) is 7.05 Å². The fraction of sp³-hybridized carbons (Fsp3) is 0.667. The van der Waals surface area contributed by atoms with E-state index in [0.717, 1.165) is 18.8 Å². The summed E-state index contributed by atoms with van der Waals surface area (Å²) in [5.41, 5.74) is 2.41. The van der Waals surface area contributed by atoms with Gasteiger partial charge in [-0.2, -0.15) is 0 Å². The third-order valence-corrected chi connectivity index (χ3v) is 3.63. The molecule has 2 aliphatic rings. The van der Waals surface area contributed by atoms with Crippen molar-refractivity contribution in [2.24, 2.45) is 10.9 Å². The number of aliphatic imine (C=N–C) groups is 1. The number of carbonyl (C=O) groups is 1. The van der Waals surface area contributed by atoms with Gasteiger partial charge < -0.3 is 10.2 Å². The minimum atomic E-state index is 0.0119. The van der Waals surface area contributed by atoms with Crippen molar-refractivity contribution in [2.75, 3.05) is 13.6 Å². The molecule has 88 valence electrons. The van der Waals surface area contributed by atoms with Gasteiger partial charge in [0.1, 0.15) is 5.84 Å². The molecule has 1 amide bonds. The van der Waals surface area contributed by atoms with Crippen LogP contribution in [-0.2, 0) is 4.79 Å². The topological polar surface area (TPSA) is 44.7 Å². The summed E-state index contributed by atoms with van der Waals surface area (Å²) in [6.07, 6.45) is 0.895. The van der Waals surface area contributed by atoms with Crippen molar-refractivity contribution in [3.8, 4) is 0 Å². The number of hydrogen-bond acceptors (Lipinski definition) is 3. The second-order valence-corrected chi connectivity index (χ2v) is 4.53. The molecular weight excluding hydrogens is 202 g/mol. The van der Waals surface area contributed by atoms with Gasteiger partial charge in [0.15, 0.2) is 0 Å². The Bertz CT molecular complexity index is 384. The van der Waals surface area contributed by atoms with Crippen LogP contribution in [0.25, 0.3) is 0 Å². The van der Waals surface area contributed by atoms with Crippen LogP contribution in [0, 0.1) is 5.92 Å². The minimum Gasteiger partial charge on any atom is -0.359 e. The van der Waals surface area contributed by atoms with Gasteiger partial charge in [0.25, 0.3) is 0 Å². The zero-order valence-electron chi connectivity index (χ0n) is 10.4. The molecule has 2 heterocycles. The van der Waals surface area contributed by atoms with Crippen molar-refractivity contribution in [1.29, 1.82) is 0 Å². The molecule has 1 unspecified atom stereocenters. The van der Waals surface area contributed by atoms with E-state index in [2.05, 4.69) is 29.1 Å². The SMILES string of the molecule is CNC(=O)C1CCN2C(C)=N[C@@H](C)C(C)=C12. The number of nitrogens with zero attached hydrogens (tertiary/aromatic N) is 2. The molecular formula is C12H19N3O. The lowest BCUT2D eigenvalue weighted by Crippen LogP contribution is -2.35. The van der Waals surface area contributed by atoms with Crippen molar-refractivity contribution in [3.63, 3.8) is 0 Å². The maximum Gasteiger partial charge on any atom is 0.228 e. The Labute approximate surface area is 96.4 Å². The first-order chi connectivity index (χ1) is 7.56. The standard InChI is InChI=1S/C12H19N3O/c1-7-8(2)14-9(3)15-6-5-10(11(7)15)12(16)13-4/h8,10H,5-6H2,1-4H3,(H,13,16)/t8-,10?/m0/s1. The molecule has 1 fully saturated rings. The Morgan fingerprint density at radius 1 is 1.50 bits per heavy atom. The van der Waals surface area contributed by atoms with Gasteiger partial charge in [-0.05, 0) is 32.8 Å². The highest BCUT2D eigenvalue weighted by Gasteiger charge is 2.38. The Kier molecular flexibility index (Phi) is 2.74. The van der Waals surface area contributed by atoms with E-state index < -0.39 is 0 Å². The first-order valence-electron chi connectivity index (χ1n) is 5.80. The summed E-state index contributed by atoms with van der Waals surface area (Å²) in [5.74, 6) is 1.18. The van der Waals surface area contributed by atoms with E-state index in [1.807, 2.05) is 6.92 Å². The number of carbonyl (C=O) groups excluding carboxylic acids is 1. The van der Waals surface area contributed by atoms with Crippen LogP contribution in [0.3, 0.4) is 0 Å². The van der Waals surface area contributed by atoms with Gasteiger partial charge in [-0.25, -0.2) is 0 Å². The van der Waals surface area contributed by atoms with Crippen LogP contribution in [0.2, 0.25) is 0 Å². The maximum atomic E-state index is 11.8. The zero-order valence-corrected chi connectivity index (χ0v) is 10.4. The molecule has 16 heavy (non-hydrogen) atoms. The minimum absolute atomic E-state index is 0.0119. The van der Waals surface area contributed by atoms with E-state index in [4.69, 9.17) is 0 Å². The highest BCUT2D eigenvalue weighted by Crippen LogP contribution is 2.35. The Hall–Kier alpha value is -1.32. The average molecular weight is 221 g/mol. The number of hydrogen-bond donors (Lipinski definition) is 1. The summed E-state index contributed by atoms with van der Waals surface area (Å²) in [7, 11) is 1.70. The normalized spacial score (nSPS) is 29.0. The first kappa shape index (κ1) is 11.2. The number of fused-ring (bicyclic) bond motifs is 1. The molecule has 2 aliphatic heterocycles. The highest BCUT2D eigenvalue weighted by atomic mass is 16.1. The molecule has 4 heteroatoms. The summed E-state index contributed by atoms with van der Waals surface area (Å²) in [6, 6.07) is 0.205. The van der Waals surface area contributed by atoms with E-state index >= 15 is 0 Å². The molecule has 4 nitrogen and oxygen atoms in total. The van der Waals surface area contributed by atoms with E-state index in [1.165, 1.54) is 11.3 Å². The molecule has 0 aromatic heterocycles. The summed E-state index contributed by atoms with van der Waals surface area (Å²) >= 11 is 0. The van der Waals surface area contributed by atoms with Crippen molar-refractivity contribution in [2.45, 2.75) is 33.2 Å². The van der Waals surface area contributed by atoms with Crippen LogP contribution in [0.4, 0.5) is 0 Å². The van der Waals surface area contributed by atoms with Crippen molar-refractivity contribution in [1.82, 2.24) is 10.2 Å². The second kappa shape index (κ2) is 3.92. The molecule has 0 bridgehead atoms. The lowest BCUT2D eigenvalue weighted by Gasteiger charge is -2.30. The number of amides is 1. The number of amidine groups is 1. The molecule has 2 atom stereocenters.